The first-order valence-corrected chi connectivity index (χ1v) is 5.56. The number of hydrogen-bond donors (Lipinski definition) is 0. The van der Waals surface area contributed by atoms with E-state index in [1.165, 1.54) is 19.3 Å². The maximum Gasteiger partial charge on any atom is -0.0113 e. The van der Waals surface area contributed by atoms with Crippen LogP contribution in [0, 0.1) is 16.7 Å². The Balaban J connectivity index is 2.52. The van der Waals surface area contributed by atoms with Crippen LogP contribution in [0.25, 0.3) is 0 Å². The largest absolute Gasteiger partial charge is 0.0679 e. The molecule has 0 aromatic rings. The van der Waals surface area contributed by atoms with Crippen molar-refractivity contribution in [3.63, 3.8) is 0 Å². The average Bonchev–Trinajstić information content (AvgIpc) is 2.43. The summed E-state index contributed by atoms with van der Waals surface area (Å²) in [5, 5.41) is 0. The van der Waals surface area contributed by atoms with Gasteiger partial charge >= 0.3 is 0 Å². The molecule has 0 amide bonds. The van der Waals surface area contributed by atoms with Crippen molar-refractivity contribution >= 4 is 0 Å². The molecule has 0 heteroatoms. The molecule has 13 heavy (non-hydrogen) atoms. The molecule has 2 atom stereocenters. The monoisotopic (exact) mass is 178 g/mol. The number of fused-ring (bicyclic) bond motifs is 2. The normalized spacial score (nSPS) is 42.7. The fourth-order valence-corrected chi connectivity index (χ4v) is 3.44. The summed E-state index contributed by atoms with van der Waals surface area (Å²) in [7, 11) is 0. The predicted octanol–water partition coefficient (Wildman–Crippen LogP) is 4.17. The van der Waals surface area contributed by atoms with Crippen molar-refractivity contribution in [2.24, 2.45) is 16.7 Å². The Kier molecular flexibility index (Phi) is 1.72. The summed E-state index contributed by atoms with van der Waals surface area (Å²) < 4.78 is 0. The minimum atomic E-state index is 0.472. The minimum Gasteiger partial charge on any atom is -0.0679 e. The van der Waals surface area contributed by atoms with Gasteiger partial charge in [0.15, 0.2) is 0 Å². The summed E-state index contributed by atoms with van der Waals surface area (Å²) in [5.74, 6) is 0.946. The van der Waals surface area contributed by atoms with Crippen molar-refractivity contribution in [3.05, 3.63) is 11.1 Å². The highest BCUT2D eigenvalue weighted by atomic mass is 14.5. The van der Waals surface area contributed by atoms with Crippen LogP contribution in [0.1, 0.15) is 53.9 Å². The van der Waals surface area contributed by atoms with E-state index in [2.05, 4.69) is 34.6 Å². The molecule has 74 valence electrons. The molecule has 0 aromatic carbocycles. The third-order valence-corrected chi connectivity index (χ3v) is 5.20. The highest BCUT2D eigenvalue weighted by molar-refractivity contribution is 5.30. The Morgan fingerprint density at radius 2 is 1.69 bits per heavy atom. The van der Waals surface area contributed by atoms with Crippen LogP contribution in [0.15, 0.2) is 11.1 Å². The molecular formula is C13H22. The zero-order valence-corrected chi connectivity index (χ0v) is 9.70. The molecule has 0 aliphatic heterocycles. The van der Waals surface area contributed by atoms with E-state index in [-0.39, 0.29) is 0 Å². The molecular weight excluding hydrogens is 156 g/mol. The smallest absolute Gasteiger partial charge is 0.0113 e. The van der Waals surface area contributed by atoms with Gasteiger partial charge in [0.05, 0.1) is 0 Å². The summed E-state index contributed by atoms with van der Waals surface area (Å²) in [4.78, 5) is 0. The van der Waals surface area contributed by atoms with Crippen LogP contribution in [0.3, 0.4) is 0 Å². The Morgan fingerprint density at radius 1 is 1.08 bits per heavy atom. The standard InChI is InChI=1S/C13H22/c1-9-10(2)13(5)7-6-11(8-13)12(9,3)4/h11H,6-8H2,1-5H3. The highest BCUT2D eigenvalue weighted by Crippen LogP contribution is 2.60. The van der Waals surface area contributed by atoms with Crippen LogP contribution < -0.4 is 0 Å². The first-order chi connectivity index (χ1) is 5.88. The quantitative estimate of drug-likeness (QED) is 0.488. The fraction of sp³-hybridized carbons (Fsp3) is 0.846. The Hall–Kier alpha value is -0.260. The summed E-state index contributed by atoms with van der Waals surface area (Å²) in [5.41, 5.74) is 4.39. The third kappa shape index (κ3) is 1.04. The lowest BCUT2D eigenvalue weighted by atomic mass is 9.62. The Bertz CT molecular complexity index is 266. The second-order valence-corrected chi connectivity index (χ2v) is 5.97. The van der Waals surface area contributed by atoms with Crippen LogP contribution in [-0.2, 0) is 0 Å². The van der Waals surface area contributed by atoms with Gasteiger partial charge in [-0.15, -0.1) is 0 Å². The number of hydrogen-bond acceptors (Lipinski definition) is 0. The molecule has 0 radical (unpaired) electrons. The van der Waals surface area contributed by atoms with Crippen LogP contribution in [0.4, 0.5) is 0 Å². The molecule has 2 aliphatic rings. The van der Waals surface area contributed by atoms with Gasteiger partial charge in [0.25, 0.3) is 0 Å². The van der Waals surface area contributed by atoms with Crippen LogP contribution in [0.2, 0.25) is 0 Å². The molecule has 0 spiro atoms. The van der Waals surface area contributed by atoms with Gasteiger partial charge in [-0.3, -0.25) is 0 Å². The van der Waals surface area contributed by atoms with Crippen LogP contribution in [-0.4, -0.2) is 0 Å². The van der Waals surface area contributed by atoms with E-state index in [4.69, 9.17) is 0 Å². The van der Waals surface area contributed by atoms with Crippen molar-refractivity contribution in [2.75, 3.05) is 0 Å². The van der Waals surface area contributed by atoms with Gasteiger partial charge in [0, 0.05) is 0 Å². The molecule has 2 unspecified atom stereocenters. The SMILES string of the molecule is CC1=C(C)C(C)(C)C2CCC1(C)C2. The van der Waals surface area contributed by atoms with E-state index in [1.54, 1.807) is 11.1 Å². The van der Waals surface area contributed by atoms with Crippen LogP contribution >= 0.6 is 0 Å². The van der Waals surface area contributed by atoms with Gasteiger partial charge < -0.3 is 0 Å². The molecule has 0 heterocycles. The molecule has 2 aliphatic carbocycles. The molecule has 1 fully saturated rings. The number of rotatable bonds is 0. The van der Waals surface area contributed by atoms with Crippen LogP contribution in [0.5, 0.6) is 0 Å². The average molecular weight is 178 g/mol. The van der Waals surface area contributed by atoms with Gasteiger partial charge in [0.2, 0.25) is 0 Å². The number of allylic oxidation sites excluding steroid dienone is 2. The summed E-state index contributed by atoms with van der Waals surface area (Å²) >= 11 is 0. The van der Waals surface area contributed by atoms with Gasteiger partial charge in [-0.1, -0.05) is 31.9 Å². The molecule has 0 saturated heterocycles. The molecule has 2 rings (SSSR count). The van der Waals surface area contributed by atoms with E-state index in [9.17, 15) is 0 Å². The second-order valence-electron chi connectivity index (χ2n) is 5.97. The maximum atomic E-state index is 2.46. The van der Waals surface area contributed by atoms with E-state index < -0.39 is 0 Å². The zero-order chi connectivity index (χ0) is 9.85. The molecule has 0 nitrogen and oxygen atoms in total. The molecule has 0 aromatic heterocycles. The van der Waals surface area contributed by atoms with Crippen molar-refractivity contribution in [2.45, 2.75) is 53.9 Å². The fourth-order valence-electron chi connectivity index (χ4n) is 3.44. The zero-order valence-electron chi connectivity index (χ0n) is 9.70. The minimum absolute atomic E-state index is 0.472. The lowest BCUT2D eigenvalue weighted by Gasteiger charge is -2.42. The summed E-state index contributed by atoms with van der Waals surface area (Å²) in [6.45, 7) is 12.0. The van der Waals surface area contributed by atoms with E-state index in [0.29, 0.717) is 10.8 Å². The predicted molar refractivity (Wildman–Crippen MR) is 57.6 cm³/mol. The van der Waals surface area contributed by atoms with Crippen molar-refractivity contribution in [1.29, 1.82) is 0 Å². The third-order valence-electron chi connectivity index (χ3n) is 5.20. The molecule has 0 N–H and O–H groups in total. The van der Waals surface area contributed by atoms with E-state index in [0.717, 1.165) is 5.92 Å². The first kappa shape index (κ1) is 9.30. The second kappa shape index (κ2) is 2.40. The topological polar surface area (TPSA) is 0 Å². The van der Waals surface area contributed by atoms with Crippen molar-refractivity contribution in [3.8, 4) is 0 Å². The van der Waals surface area contributed by atoms with Crippen molar-refractivity contribution < 1.29 is 0 Å². The summed E-state index contributed by atoms with van der Waals surface area (Å²) in [6, 6.07) is 0. The van der Waals surface area contributed by atoms with E-state index in [1.807, 2.05) is 0 Å². The van der Waals surface area contributed by atoms with Gasteiger partial charge in [-0.05, 0) is 49.9 Å². The maximum absolute atomic E-state index is 2.46. The summed E-state index contributed by atoms with van der Waals surface area (Å²) in [6.07, 6.45) is 4.30. The molecule has 1 saturated carbocycles. The lowest BCUT2D eigenvalue weighted by Crippen LogP contribution is -2.32. The lowest BCUT2D eigenvalue weighted by molar-refractivity contribution is 0.217. The Labute approximate surface area is 82.4 Å². The Morgan fingerprint density at radius 3 is 2.31 bits per heavy atom. The molecule has 2 bridgehead atoms. The highest BCUT2D eigenvalue weighted by Gasteiger charge is 2.48. The van der Waals surface area contributed by atoms with Gasteiger partial charge in [-0.25, -0.2) is 0 Å². The van der Waals surface area contributed by atoms with Gasteiger partial charge in [-0.2, -0.15) is 0 Å². The first-order valence-electron chi connectivity index (χ1n) is 5.56. The van der Waals surface area contributed by atoms with E-state index >= 15 is 0 Å². The van der Waals surface area contributed by atoms with Crippen molar-refractivity contribution in [1.82, 2.24) is 0 Å². The van der Waals surface area contributed by atoms with Gasteiger partial charge in [0.1, 0.15) is 0 Å².